The predicted molar refractivity (Wildman–Crippen MR) is 110 cm³/mol. The highest BCUT2D eigenvalue weighted by Crippen LogP contribution is 2.26. The molecule has 2 heterocycles. The van der Waals surface area contributed by atoms with Crippen molar-refractivity contribution in [3.63, 3.8) is 0 Å². The highest BCUT2D eigenvalue weighted by molar-refractivity contribution is 5.94. The van der Waals surface area contributed by atoms with E-state index in [0.29, 0.717) is 5.69 Å². The van der Waals surface area contributed by atoms with E-state index in [9.17, 15) is 4.79 Å². The van der Waals surface area contributed by atoms with Crippen LogP contribution in [-0.4, -0.2) is 40.8 Å². The number of methoxy groups -OCH3 is 1. The summed E-state index contributed by atoms with van der Waals surface area (Å²) in [6.45, 7) is 3.67. The van der Waals surface area contributed by atoms with Gasteiger partial charge in [-0.2, -0.15) is 5.10 Å². The van der Waals surface area contributed by atoms with Crippen molar-refractivity contribution in [1.82, 2.24) is 14.7 Å². The zero-order chi connectivity index (χ0) is 19.5. The maximum atomic E-state index is 13.3. The molecule has 0 bridgehead atoms. The molecule has 5 heteroatoms. The number of aromatic nitrogens is 2. The monoisotopic (exact) mass is 375 g/mol. The molecule has 0 aliphatic carbocycles. The van der Waals surface area contributed by atoms with Crippen LogP contribution in [0.25, 0.3) is 16.9 Å². The van der Waals surface area contributed by atoms with Gasteiger partial charge in [0.05, 0.1) is 18.5 Å². The zero-order valence-corrected chi connectivity index (χ0v) is 16.4. The van der Waals surface area contributed by atoms with E-state index >= 15 is 0 Å². The molecule has 1 saturated heterocycles. The van der Waals surface area contributed by atoms with Crippen molar-refractivity contribution in [2.45, 2.75) is 26.2 Å². The Kier molecular flexibility index (Phi) is 5.15. The fraction of sp³-hybridized carbons (Fsp3) is 0.304. The van der Waals surface area contributed by atoms with E-state index in [-0.39, 0.29) is 5.91 Å². The lowest BCUT2D eigenvalue weighted by Gasteiger charge is -2.26. The lowest BCUT2D eigenvalue weighted by Crippen LogP contribution is -2.36. The van der Waals surface area contributed by atoms with Gasteiger partial charge in [0.25, 0.3) is 5.91 Å². The van der Waals surface area contributed by atoms with Gasteiger partial charge in [-0.25, -0.2) is 4.68 Å². The SMILES string of the molecule is COc1cccc(-c2cc(C(=O)N3CCCCC3)n(-c3cccc(C)c3)n2)c1. The number of carbonyl (C=O) groups excluding carboxylic acids is 1. The Balaban J connectivity index is 1.80. The van der Waals surface area contributed by atoms with Gasteiger partial charge < -0.3 is 9.64 Å². The second-order valence-electron chi connectivity index (χ2n) is 7.25. The van der Waals surface area contributed by atoms with E-state index in [2.05, 4.69) is 6.07 Å². The average Bonchev–Trinajstić information content (AvgIpc) is 3.19. The summed E-state index contributed by atoms with van der Waals surface area (Å²) in [5, 5.41) is 4.80. The van der Waals surface area contributed by atoms with Crippen LogP contribution in [0.15, 0.2) is 54.6 Å². The third-order valence-corrected chi connectivity index (χ3v) is 5.18. The number of amides is 1. The van der Waals surface area contributed by atoms with Crippen LogP contribution in [0.5, 0.6) is 5.75 Å². The van der Waals surface area contributed by atoms with E-state index in [1.807, 2.05) is 60.4 Å². The van der Waals surface area contributed by atoms with Gasteiger partial charge >= 0.3 is 0 Å². The quantitative estimate of drug-likeness (QED) is 0.675. The molecule has 1 aliphatic heterocycles. The van der Waals surface area contributed by atoms with Crippen molar-refractivity contribution in [2.24, 2.45) is 0 Å². The molecule has 3 aromatic rings. The molecule has 0 spiro atoms. The molecule has 144 valence electrons. The van der Waals surface area contributed by atoms with Crippen LogP contribution in [0.4, 0.5) is 0 Å². The van der Waals surface area contributed by atoms with Crippen molar-refractivity contribution in [3.8, 4) is 22.7 Å². The van der Waals surface area contributed by atoms with E-state index in [0.717, 1.165) is 54.2 Å². The minimum Gasteiger partial charge on any atom is -0.497 e. The Morgan fingerprint density at radius 3 is 2.54 bits per heavy atom. The molecule has 1 fully saturated rings. The molecular weight excluding hydrogens is 350 g/mol. The molecule has 0 saturated carbocycles. The number of aryl methyl sites for hydroxylation is 1. The van der Waals surface area contributed by atoms with Crippen LogP contribution in [-0.2, 0) is 0 Å². The maximum absolute atomic E-state index is 13.3. The van der Waals surface area contributed by atoms with Crippen LogP contribution in [0.1, 0.15) is 35.3 Å². The Labute approximate surface area is 165 Å². The molecule has 0 radical (unpaired) electrons. The van der Waals surface area contributed by atoms with Gasteiger partial charge in [-0.05, 0) is 62.1 Å². The lowest BCUT2D eigenvalue weighted by molar-refractivity contribution is 0.0715. The Hall–Kier alpha value is -3.08. The lowest BCUT2D eigenvalue weighted by atomic mass is 10.1. The molecule has 1 aromatic heterocycles. The van der Waals surface area contributed by atoms with Gasteiger partial charge in [-0.3, -0.25) is 4.79 Å². The number of benzene rings is 2. The largest absolute Gasteiger partial charge is 0.497 e. The number of piperidine rings is 1. The maximum Gasteiger partial charge on any atom is 0.272 e. The first-order valence-electron chi connectivity index (χ1n) is 9.76. The molecule has 2 aromatic carbocycles. The molecule has 0 N–H and O–H groups in total. The second-order valence-corrected chi connectivity index (χ2v) is 7.25. The minimum absolute atomic E-state index is 0.0443. The molecule has 28 heavy (non-hydrogen) atoms. The zero-order valence-electron chi connectivity index (χ0n) is 16.4. The summed E-state index contributed by atoms with van der Waals surface area (Å²) >= 11 is 0. The minimum atomic E-state index is 0.0443. The second kappa shape index (κ2) is 7.89. The van der Waals surface area contributed by atoms with Gasteiger partial charge in [0.15, 0.2) is 0 Å². The van der Waals surface area contributed by atoms with E-state index in [1.165, 1.54) is 6.42 Å². The molecule has 5 nitrogen and oxygen atoms in total. The van der Waals surface area contributed by atoms with Crippen LogP contribution >= 0.6 is 0 Å². The summed E-state index contributed by atoms with van der Waals surface area (Å²) in [6, 6.07) is 17.7. The normalized spacial score (nSPS) is 14.1. The number of hydrogen-bond donors (Lipinski definition) is 0. The standard InChI is InChI=1S/C23H25N3O2/c1-17-8-6-10-19(14-17)26-22(23(27)25-12-4-3-5-13-25)16-21(24-26)18-9-7-11-20(15-18)28-2/h6-11,14-16H,3-5,12-13H2,1-2H3. The molecular formula is C23H25N3O2. The molecule has 4 rings (SSSR count). The first-order valence-corrected chi connectivity index (χ1v) is 9.76. The van der Waals surface area contributed by atoms with E-state index in [4.69, 9.17) is 9.84 Å². The number of likely N-dealkylation sites (tertiary alicyclic amines) is 1. The van der Waals surface area contributed by atoms with Crippen molar-refractivity contribution >= 4 is 5.91 Å². The molecule has 1 aliphatic rings. The molecule has 0 unspecified atom stereocenters. The van der Waals surface area contributed by atoms with Gasteiger partial charge in [-0.15, -0.1) is 0 Å². The smallest absolute Gasteiger partial charge is 0.272 e. The van der Waals surface area contributed by atoms with Crippen LogP contribution < -0.4 is 4.74 Å². The fourth-order valence-corrected chi connectivity index (χ4v) is 3.67. The van der Waals surface area contributed by atoms with Gasteiger partial charge in [0.1, 0.15) is 11.4 Å². The topological polar surface area (TPSA) is 47.4 Å². The first-order chi connectivity index (χ1) is 13.7. The van der Waals surface area contributed by atoms with Gasteiger partial charge in [0.2, 0.25) is 0 Å². The van der Waals surface area contributed by atoms with Crippen molar-refractivity contribution < 1.29 is 9.53 Å². The Morgan fingerprint density at radius 1 is 1.00 bits per heavy atom. The van der Waals surface area contributed by atoms with Gasteiger partial charge in [0, 0.05) is 18.7 Å². The summed E-state index contributed by atoms with van der Waals surface area (Å²) in [5.41, 5.74) is 4.33. The third kappa shape index (κ3) is 3.65. The number of hydrogen-bond acceptors (Lipinski definition) is 3. The number of carbonyl (C=O) groups is 1. The van der Waals surface area contributed by atoms with Crippen molar-refractivity contribution in [2.75, 3.05) is 20.2 Å². The number of ether oxygens (including phenoxy) is 1. The summed E-state index contributed by atoms with van der Waals surface area (Å²) in [5.74, 6) is 0.814. The number of nitrogens with zero attached hydrogens (tertiary/aromatic N) is 3. The third-order valence-electron chi connectivity index (χ3n) is 5.18. The highest BCUT2D eigenvalue weighted by atomic mass is 16.5. The molecule has 0 atom stereocenters. The predicted octanol–water partition coefficient (Wildman–Crippen LogP) is 4.48. The summed E-state index contributed by atoms with van der Waals surface area (Å²) in [4.78, 5) is 15.2. The average molecular weight is 375 g/mol. The number of rotatable bonds is 4. The Morgan fingerprint density at radius 2 is 1.79 bits per heavy atom. The van der Waals surface area contributed by atoms with Crippen molar-refractivity contribution in [3.05, 3.63) is 65.9 Å². The van der Waals surface area contributed by atoms with E-state index < -0.39 is 0 Å². The van der Waals surface area contributed by atoms with Crippen LogP contribution in [0.2, 0.25) is 0 Å². The van der Waals surface area contributed by atoms with Crippen LogP contribution in [0.3, 0.4) is 0 Å². The Bertz CT molecular complexity index is 987. The van der Waals surface area contributed by atoms with Gasteiger partial charge in [-0.1, -0.05) is 24.3 Å². The fourth-order valence-electron chi connectivity index (χ4n) is 3.67. The summed E-state index contributed by atoms with van der Waals surface area (Å²) in [7, 11) is 1.65. The van der Waals surface area contributed by atoms with Crippen LogP contribution in [0, 0.1) is 6.92 Å². The summed E-state index contributed by atoms with van der Waals surface area (Å²) < 4.78 is 7.12. The van der Waals surface area contributed by atoms with E-state index in [1.54, 1.807) is 11.8 Å². The first kappa shape index (κ1) is 18.3. The highest BCUT2D eigenvalue weighted by Gasteiger charge is 2.24. The van der Waals surface area contributed by atoms with Crippen molar-refractivity contribution in [1.29, 1.82) is 0 Å². The molecule has 1 amide bonds. The summed E-state index contributed by atoms with van der Waals surface area (Å²) in [6.07, 6.45) is 3.32.